The molecular weight excluding hydrogens is 240 g/mol. The number of likely N-dealkylation sites (tertiary alicyclic amines) is 1. The van der Waals surface area contributed by atoms with Crippen molar-refractivity contribution in [1.29, 1.82) is 5.41 Å². The molecule has 0 saturated carbocycles. The lowest BCUT2D eigenvalue weighted by Crippen LogP contribution is -2.34. The third-order valence-corrected chi connectivity index (χ3v) is 3.62. The number of anilines is 2. The Kier molecular flexibility index (Phi) is 3.90. The van der Waals surface area contributed by atoms with Gasteiger partial charge in [0, 0.05) is 19.6 Å². The van der Waals surface area contributed by atoms with Crippen LogP contribution >= 0.6 is 0 Å². The van der Waals surface area contributed by atoms with Gasteiger partial charge in [-0.1, -0.05) is 0 Å². The number of pyridine rings is 1. The van der Waals surface area contributed by atoms with Gasteiger partial charge < -0.3 is 20.9 Å². The molecule has 2 heterocycles. The van der Waals surface area contributed by atoms with Crippen LogP contribution in [0.4, 0.5) is 11.5 Å². The fraction of sp³-hybridized carbons (Fsp3) is 0.538. The number of aryl methyl sites for hydroxylation is 1. The summed E-state index contributed by atoms with van der Waals surface area (Å²) in [4.78, 5) is 9.15. The zero-order valence-electron chi connectivity index (χ0n) is 11.8. The average Bonchev–Trinajstić information content (AvgIpc) is 2.77. The Balaban J connectivity index is 2.12. The minimum atomic E-state index is -0.0663. The largest absolute Gasteiger partial charge is 0.370 e. The lowest BCUT2D eigenvalue weighted by atomic mass is 10.2. The molecule has 1 saturated heterocycles. The molecule has 104 valence electrons. The maximum absolute atomic E-state index is 7.25. The van der Waals surface area contributed by atoms with Crippen LogP contribution in [0.2, 0.25) is 0 Å². The maximum atomic E-state index is 7.25. The van der Waals surface area contributed by atoms with Crippen LogP contribution in [0.1, 0.15) is 12.1 Å². The van der Waals surface area contributed by atoms with Crippen molar-refractivity contribution in [3.63, 3.8) is 0 Å². The van der Waals surface area contributed by atoms with Crippen LogP contribution in [0.25, 0.3) is 0 Å². The number of nitrogens with one attached hydrogen (secondary N) is 2. The van der Waals surface area contributed by atoms with Crippen molar-refractivity contribution >= 4 is 17.5 Å². The minimum absolute atomic E-state index is 0.0663. The van der Waals surface area contributed by atoms with Gasteiger partial charge in [-0.25, -0.2) is 4.98 Å². The van der Waals surface area contributed by atoms with Gasteiger partial charge in [0.25, 0.3) is 0 Å². The van der Waals surface area contributed by atoms with Gasteiger partial charge in [0.15, 0.2) is 5.96 Å². The number of rotatable bonds is 3. The van der Waals surface area contributed by atoms with Crippen LogP contribution in [0.5, 0.6) is 0 Å². The molecule has 19 heavy (non-hydrogen) atoms. The summed E-state index contributed by atoms with van der Waals surface area (Å²) in [5.41, 5.74) is 6.97. The summed E-state index contributed by atoms with van der Waals surface area (Å²) in [6, 6.07) is 4.41. The topological polar surface area (TPSA) is 81.3 Å². The molecule has 0 spiro atoms. The van der Waals surface area contributed by atoms with Crippen molar-refractivity contribution in [2.24, 2.45) is 5.73 Å². The van der Waals surface area contributed by atoms with Gasteiger partial charge in [0.1, 0.15) is 5.82 Å². The SMILES string of the molecule is Cc1nc(N(C)C2CCN(C)C2)ccc1NC(=N)N. The highest BCUT2D eigenvalue weighted by Crippen LogP contribution is 2.22. The first kappa shape index (κ1) is 13.6. The monoisotopic (exact) mass is 262 g/mol. The number of hydrogen-bond donors (Lipinski definition) is 3. The van der Waals surface area contributed by atoms with Crippen LogP contribution in [0.3, 0.4) is 0 Å². The standard InChI is InChI=1S/C13H22N6/c1-9-11(17-13(14)15)4-5-12(16-9)19(3)10-6-7-18(2)8-10/h4-5,10H,6-8H2,1-3H3,(H4,14,15,17). The average molecular weight is 262 g/mol. The fourth-order valence-electron chi connectivity index (χ4n) is 2.44. The predicted molar refractivity (Wildman–Crippen MR) is 78.8 cm³/mol. The normalized spacial score (nSPS) is 19.4. The molecule has 6 heteroatoms. The number of likely N-dealkylation sites (N-methyl/N-ethyl adjacent to an activating group) is 2. The highest BCUT2D eigenvalue weighted by atomic mass is 15.3. The number of nitrogens with two attached hydrogens (primary N) is 1. The van der Waals surface area contributed by atoms with E-state index in [1.54, 1.807) is 0 Å². The Labute approximate surface area is 114 Å². The third kappa shape index (κ3) is 3.14. The lowest BCUT2D eigenvalue weighted by molar-refractivity contribution is 0.409. The molecule has 6 nitrogen and oxygen atoms in total. The zero-order valence-corrected chi connectivity index (χ0v) is 11.8. The van der Waals surface area contributed by atoms with Gasteiger partial charge >= 0.3 is 0 Å². The van der Waals surface area contributed by atoms with E-state index >= 15 is 0 Å². The van der Waals surface area contributed by atoms with Crippen molar-refractivity contribution < 1.29 is 0 Å². The Morgan fingerprint density at radius 3 is 2.84 bits per heavy atom. The molecule has 1 fully saturated rings. The number of guanidine groups is 1. The van der Waals surface area contributed by atoms with Crippen molar-refractivity contribution in [3.8, 4) is 0 Å². The molecular formula is C13H22N6. The summed E-state index contributed by atoms with van der Waals surface area (Å²) in [6.07, 6.45) is 1.17. The summed E-state index contributed by atoms with van der Waals surface area (Å²) < 4.78 is 0. The van der Waals surface area contributed by atoms with E-state index in [2.05, 4.69) is 34.2 Å². The number of aromatic nitrogens is 1. The summed E-state index contributed by atoms with van der Waals surface area (Å²) >= 11 is 0. The first-order valence-corrected chi connectivity index (χ1v) is 6.47. The third-order valence-electron chi connectivity index (χ3n) is 3.62. The molecule has 0 aromatic carbocycles. The van der Waals surface area contributed by atoms with E-state index in [9.17, 15) is 0 Å². The predicted octanol–water partition coefficient (Wildman–Crippen LogP) is 0.836. The molecule has 0 aliphatic carbocycles. The second-order valence-corrected chi connectivity index (χ2v) is 5.16. The molecule has 1 atom stereocenters. The summed E-state index contributed by atoms with van der Waals surface area (Å²) in [6.45, 7) is 4.13. The number of hydrogen-bond acceptors (Lipinski definition) is 4. The fourth-order valence-corrected chi connectivity index (χ4v) is 2.44. The van der Waals surface area contributed by atoms with Crippen molar-refractivity contribution in [1.82, 2.24) is 9.88 Å². The van der Waals surface area contributed by atoms with E-state index in [-0.39, 0.29) is 5.96 Å². The van der Waals surface area contributed by atoms with Crippen molar-refractivity contribution in [2.45, 2.75) is 19.4 Å². The molecule has 2 rings (SSSR count). The Morgan fingerprint density at radius 1 is 1.58 bits per heavy atom. The van der Waals surface area contributed by atoms with E-state index in [4.69, 9.17) is 11.1 Å². The molecule has 0 bridgehead atoms. The molecule has 1 aromatic heterocycles. The zero-order chi connectivity index (χ0) is 14.0. The van der Waals surface area contributed by atoms with Crippen LogP contribution in [0.15, 0.2) is 12.1 Å². The minimum Gasteiger partial charge on any atom is -0.370 e. The highest BCUT2D eigenvalue weighted by molar-refractivity contribution is 5.90. The first-order valence-electron chi connectivity index (χ1n) is 6.47. The molecule has 1 aliphatic heterocycles. The van der Waals surface area contributed by atoms with Crippen LogP contribution in [-0.2, 0) is 0 Å². The summed E-state index contributed by atoms with van der Waals surface area (Å²) in [7, 11) is 4.23. The van der Waals surface area contributed by atoms with E-state index < -0.39 is 0 Å². The molecule has 4 N–H and O–H groups in total. The quantitative estimate of drug-likeness (QED) is 0.555. The Bertz CT molecular complexity index is 472. The molecule has 1 aromatic rings. The van der Waals surface area contributed by atoms with Crippen LogP contribution < -0.4 is 16.0 Å². The molecule has 1 unspecified atom stereocenters. The van der Waals surface area contributed by atoms with Crippen LogP contribution in [0, 0.1) is 12.3 Å². The maximum Gasteiger partial charge on any atom is 0.190 e. The van der Waals surface area contributed by atoms with Gasteiger partial charge in [0.05, 0.1) is 11.4 Å². The smallest absolute Gasteiger partial charge is 0.190 e. The van der Waals surface area contributed by atoms with Crippen molar-refractivity contribution in [2.75, 3.05) is 37.4 Å². The van der Waals surface area contributed by atoms with E-state index in [0.29, 0.717) is 6.04 Å². The van der Waals surface area contributed by atoms with Gasteiger partial charge in [-0.15, -0.1) is 0 Å². The number of nitrogens with zero attached hydrogens (tertiary/aromatic N) is 3. The Hall–Kier alpha value is -1.82. The van der Waals surface area contributed by atoms with E-state index in [0.717, 1.165) is 30.3 Å². The molecule has 0 amide bonds. The first-order chi connectivity index (χ1) is 8.97. The van der Waals surface area contributed by atoms with Gasteiger partial charge in [-0.2, -0.15) is 0 Å². The Morgan fingerprint density at radius 2 is 2.32 bits per heavy atom. The molecule has 1 aliphatic rings. The van der Waals surface area contributed by atoms with E-state index in [1.807, 2.05) is 19.1 Å². The summed E-state index contributed by atoms with van der Waals surface area (Å²) in [5, 5.41) is 10.0. The van der Waals surface area contributed by atoms with E-state index in [1.165, 1.54) is 6.42 Å². The van der Waals surface area contributed by atoms with Gasteiger partial charge in [-0.05, 0) is 39.1 Å². The lowest BCUT2D eigenvalue weighted by Gasteiger charge is -2.26. The highest BCUT2D eigenvalue weighted by Gasteiger charge is 2.24. The molecule has 0 radical (unpaired) electrons. The van der Waals surface area contributed by atoms with Crippen molar-refractivity contribution in [3.05, 3.63) is 17.8 Å². The van der Waals surface area contributed by atoms with Gasteiger partial charge in [-0.3, -0.25) is 5.41 Å². The van der Waals surface area contributed by atoms with Crippen LogP contribution in [-0.4, -0.2) is 49.1 Å². The summed E-state index contributed by atoms with van der Waals surface area (Å²) in [5.74, 6) is 0.898. The second-order valence-electron chi connectivity index (χ2n) is 5.16. The second kappa shape index (κ2) is 5.44. The van der Waals surface area contributed by atoms with Gasteiger partial charge in [0.2, 0.25) is 0 Å².